The van der Waals surface area contributed by atoms with Crippen LogP contribution in [-0.4, -0.2) is 193 Å². The molecular weight excluding hydrogens is 1190 g/mol. The second-order valence-electron chi connectivity index (χ2n) is 28.2. The molecule has 3 heterocycles. The number of ether oxygens (including phenoxy) is 6. The summed E-state index contributed by atoms with van der Waals surface area (Å²) < 4.78 is 34.5. The van der Waals surface area contributed by atoms with E-state index < -0.39 is 124 Å². The first-order valence-corrected chi connectivity index (χ1v) is 38.8. The van der Waals surface area contributed by atoms with Crippen molar-refractivity contribution < 1.29 is 89.4 Å². The number of unbranched alkanes of at least 4 members (excludes halogenated alkanes) is 46. The largest absolute Gasteiger partial charge is 0.394 e. The number of hydrogen-bond acceptors (Lipinski definition) is 18. The Morgan fingerprint density at radius 1 is 0.344 bits per heavy atom. The predicted molar refractivity (Wildman–Crippen MR) is 365 cm³/mol. The molecule has 552 valence electrons. The van der Waals surface area contributed by atoms with Crippen molar-refractivity contribution in [3.63, 3.8) is 0 Å². The first-order chi connectivity index (χ1) is 45.3. The normalized spacial score (nSPS) is 27.4. The second-order valence-corrected chi connectivity index (χ2v) is 28.2. The highest BCUT2D eigenvalue weighted by atomic mass is 16.8. The van der Waals surface area contributed by atoms with E-state index >= 15 is 0 Å². The Labute approximate surface area is 563 Å². The fraction of sp³-hybridized carbons (Fsp3) is 0.986. The molecule has 0 bridgehead atoms. The highest BCUT2D eigenvalue weighted by Gasteiger charge is 2.54. The fourth-order valence-corrected chi connectivity index (χ4v) is 13.7. The lowest BCUT2D eigenvalue weighted by molar-refractivity contribution is -0.379. The van der Waals surface area contributed by atoms with Gasteiger partial charge in [0, 0.05) is 6.42 Å². The van der Waals surface area contributed by atoms with Crippen LogP contribution in [0.15, 0.2) is 0 Å². The van der Waals surface area contributed by atoms with Crippen molar-refractivity contribution in [2.24, 2.45) is 0 Å². The molecule has 3 saturated heterocycles. The topological polar surface area (TPSA) is 307 Å². The molecule has 0 aliphatic carbocycles. The van der Waals surface area contributed by atoms with Crippen LogP contribution in [0.1, 0.15) is 335 Å². The van der Waals surface area contributed by atoms with E-state index in [4.69, 9.17) is 28.4 Å². The number of carbonyl (C=O) groups excluding carboxylic acids is 1. The molecular formula is C74H143NO18. The predicted octanol–water partition coefficient (Wildman–Crippen LogP) is 11.8. The summed E-state index contributed by atoms with van der Waals surface area (Å²) in [4.78, 5) is 13.5. The molecule has 0 aromatic rings. The van der Waals surface area contributed by atoms with E-state index in [-0.39, 0.29) is 18.9 Å². The minimum atomic E-state index is -1.97. The summed E-state index contributed by atoms with van der Waals surface area (Å²) in [5, 5.41) is 121. The Hall–Kier alpha value is -1.21. The average Bonchev–Trinajstić information content (AvgIpc) is 0.814. The Morgan fingerprint density at radius 2 is 0.613 bits per heavy atom. The van der Waals surface area contributed by atoms with Crippen molar-refractivity contribution in [1.29, 1.82) is 0 Å². The van der Waals surface area contributed by atoms with E-state index in [0.29, 0.717) is 12.8 Å². The summed E-state index contributed by atoms with van der Waals surface area (Å²) in [6.07, 6.45) is 36.2. The third-order valence-electron chi connectivity index (χ3n) is 19.9. The number of hydrogen-bond donors (Lipinski definition) is 12. The van der Waals surface area contributed by atoms with E-state index in [0.717, 1.165) is 44.9 Å². The molecule has 1 amide bonds. The number of nitrogens with one attached hydrogen (secondary N) is 1. The van der Waals surface area contributed by atoms with E-state index in [1.165, 1.54) is 257 Å². The number of amides is 1. The number of aliphatic hydroxyl groups excluding tert-OH is 11. The molecule has 0 aromatic heterocycles. The number of carbonyl (C=O) groups is 1. The van der Waals surface area contributed by atoms with Gasteiger partial charge in [-0.3, -0.25) is 4.79 Å². The lowest BCUT2D eigenvalue weighted by Gasteiger charge is -2.48. The molecule has 17 unspecified atom stereocenters. The van der Waals surface area contributed by atoms with Gasteiger partial charge in [-0.15, -0.1) is 0 Å². The maximum atomic E-state index is 13.5. The summed E-state index contributed by atoms with van der Waals surface area (Å²) in [6, 6.07) is -0.882. The summed E-state index contributed by atoms with van der Waals surface area (Å²) in [6.45, 7) is 1.86. The summed E-state index contributed by atoms with van der Waals surface area (Å²) in [7, 11) is 0. The quantitative estimate of drug-likeness (QED) is 0.0252. The fourth-order valence-electron chi connectivity index (χ4n) is 13.7. The van der Waals surface area contributed by atoms with Gasteiger partial charge in [0.25, 0.3) is 0 Å². The highest BCUT2D eigenvalue weighted by molar-refractivity contribution is 5.76. The molecule has 3 aliphatic rings. The van der Waals surface area contributed by atoms with Crippen LogP contribution in [-0.2, 0) is 33.2 Å². The summed E-state index contributed by atoms with van der Waals surface area (Å²) in [5.41, 5.74) is 0. The standard InChI is InChI=1S/C74H143NO18/c1-3-5-7-9-11-13-15-17-19-21-23-24-25-26-27-28-29-30-31-32-33-34-35-37-39-41-43-45-47-49-51-58(79)57(75-62(80)52-50-48-46-44-42-40-38-36-22-20-18-16-14-12-10-8-6-4-2)56-88-72-68(86)65(83)70(60(54-77)90-72)93-74-69(87)66(84)71(61(55-78)91-74)92-73-67(85)64(82)63(81)59(53-76)89-73/h57-61,63-74,76-79,81-87H,3-56H2,1-2H3,(H,75,80). The molecule has 0 spiro atoms. The Kier molecular flexibility index (Phi) is 52.3. The first-order valence-electron chi connectivity index (χ1n) is 38.8. The van der Waals surface area contributed by atoms with Crippen LogP contribution >= 0.6 is 0 Å². The molecule has 3 rings (SSSR count). The van der Waals surface area contributed by atoms with E-state index in [1.807, 2.05) is 0 Å². The van der Waals surface area contributed by atoms with Crippen molar-refractivity contribution in [2.45, 2.75) is 439 Å². The third kappa shape index (κ3) is 37.7. The maximum Gasteiger partial charge on any atom is 0.220 e. The van der Waals surface area contributed by atoms with E-state index in [9.17, 15) is 61.0 Å². The summed E-state index contributed by atoms with van der Waals surface area (Å²) >= 11 is 0. The van der Waals surface area contributed by atoms with Crippen molar-refractivity contribution in [2.75, 3.05) is 26.4 Å². The smallest absolute Gasteiger partial charge is 0.220 e. The summed E-state index contributed by atoms with van der Waals surface area (Å²) in [5.74, 6) is -0.234. The van der Waals surface area contributed by atoms with Gasteiger partial charge in [0.2, 0.25) is 5.91 Å². The molecule has 17 atom stereocenters. The van der Waals surface area contributed by atoms with Gasteiger partial charge in [0.05, 0.1) is 38.6 Å². The van der Waals surface area contributed by atoms with Gasteiger partial charge in [0.1, 0.15) is 73.2 Å². The minimum Gasteiger partial charge on any atom is -0.394 e. The monoisotopic (exact) mass is 1330 g/mol. The van der Waals surface area contributed by atoms with Crippen LogP contribution < -0.4 is 5.32 Å². The highest BCUT2D eigenvalue weighted by Crippen LogP contribution is 2.33. The van der Waals surface area contributed by atoms with Gasteiger partial charge < -0.3 is 89.9 Å². The molecule has 0 saturated carbocycles. The van der Waals surface area contributed by atoms with Gasteiger partial charge >= 0.3 is 0 Å². The zero-order valence-electron chi connectivity index (χ0n) is 58.8. The molecule has 12 N–H and O–H groups in total. The Bertz CT molecular complexity index is 1690. The minimum absolute atomic E-state index is 0.234. The van der Waals surface area contributed by atoms with Crippen molar-refractivity contribution in [3.8, 4) is 0 Å². The van der Waals surface area contributed by atoms with Crippen LogP contribution in [0.2, 0.25) is 0 Å². The average molecular weight is 1330 g/mol. The van der Waals surface area contributed by atoms with Crippen LogP contribution in [0.5, 0.6) is 0 Å². The van der Waals surface area contributed by atoms with Crippen molar-refractivity contribution in [1.82, 2.24) is 5.32 Å². The lowest BCUT2D eigenvalue weighted by Crippen LogP contribution is -2.66. The van der Waals surface area contributed by atoms with Gasteiger partial charge in [-0.05, 0) is 12.8 Å². The number of rotatable bonds is 62. The van der Waals surface area contributed by atoms with Gasteiger partial charge in [-0.1, -0.05) is 316 Å². The SMILES string of the molecule is CCCCCCCCCCCCCCCCCCCCCCCCCCCCCCCCC(O)C(COC1OC(CO)C(OC2OC(CO)C(OC3OC(CO)C(O)C(O)C3O)C(O)C2O)C(O)C1O)NC(=O)CCCCCCCCCCCCCCCCCCCC. The van der Waals surface area contributed by atoms with Crippen LogP contribution in [0.25, 0.3) is 0 Å². The van der Waals surface area contributed by atoms with Gasteiger partial charge in [-0.25, -0.2) is 0 Å². The van der Waals surface area contributed by atoms with Crippen molar-refractivity contribution >= 4 is 5.91 Å². The zero-order valence-corrected chi connectivity index (χ0v) is 58.8. The molecule has 19 nitrogen and oxygen atoms in total. The molecule has 3 fully saturated rings. The second kappa shape index (κ2) is 56.5. The molecule has 3 aliphatic heterocycles. The molecule has 0 radical (unpaired) electrons. The maximum absolute atomic E-state index is 13.5. The van der Waals surface area contributed by atoms with Crippen molar-refractivity contribution in [3.05, 3.63) is 0 Å². The van der Waals surface area contributed by atoms with Crippen LogP contribution in [0.3, 0.4) is 0 Å². The van der Waals surface area contributed by atoms with Gasteiger partial charge in [0.15, 0.2) is 18.9 Å². The number of aliphatic hydroxyl groups is 11. The lowest BCUT2D eigenvalue weighted by atomic mass is 9.96. The van der Waals surface area contributed by atoms with Crippen LogP contribution in [0, 0.1) is 0 Å². The van der Waals surface area contributed by atoms with Gasteiger partial charge in [-0.2, -0.15) is 0 Å². The Morgan fingerprint density at radius 3 is 0.935 bits per heavy atom. The molecule has 0 aromatic carbocycles. The first kappa shape index (κ1) is 86.0. The van der Waals surface area contributed by atoms with E-state index in [2.05, 4.69) is 19.2 Å². The molecule has 19 heteroatoms. The van der Waals surface area contributed by atoms with Crippen LogP contribution in [0.4, 0.5) is 0 Å². The molecule has 93 heavy (non-hydrogen) atoms. The zero-order chi connectivity index (χ0) is 67.5. The third-order valence-corrected chi connectivity index (χ3v) is 19.9. The Balaban J connectivity index is 1.37. The van der Waals surface area contributed by atoms with E-state index in [1.54, 1.807) is 0 Å².